The number of fused-ring (bicyclic) bond motifs is 1. The predicted molar refractivity (Wildman–Crippen MR) is 140 cm³/mol. The van der Waals surface area contributed by atoms with E-state index in [4.69, 9.17) is 29.2 Å². The maximum absolute atomic E-state index is 11.2. The van der Waals surface area contributed by atoms with Crippen molar-refractivity contribution >= 4 is 18.0 Å². The minimum atomic E-state index is -1.52. The second-order valence-corrected chi connectivity index (χ2v) is 9.26. The summed E-state index contributed by atoms with van der Waals surface area (Å²) in [4.78, 5) is 22.4. The van der Waals surface area contributed by atoms with Gasteiger partial charge in [0.05, 0.1) is 6.61 Å². The van der Waals surface area contributed by atoms with Gasteiger partial charge in [-0.15, -0.1) is 0 Å². The third-order valence-corrected chi connectivity index (χ3v) is 6.48. The number of hydrogen-bond acceptors (Lipinski definition) is 6. The molecule has 1 aliphatic heterocycles. The highest BCUT2D eigenvalue weighted by atomic mass is 16.6. The average molecular weight is 511 g/mol. The molecule has 1 heterocycles. The fraction of sp³-hybridized carbons (Fsp3) is 0.379. The lowest BCUT2D eigenvalue weighted by Gasteiger charge is -2.38. The summed E-state index contributed by atoms with van der Waals surface area (Å²) in [6.45, 7) is 14.7. The van der Waals surface area contributed by atoms with E-state index in [2.05, 4.69) is 13.5 Å². The molecule has 0 bridgehead atoms. The third kappa shape index (κ3) is 6.07. The fourth-order valence-corrected chi connectivity index (χ4v) is 4.36. The molecule has 0 amide bonds. The molecule has 8 nitrogen and oxygen atoms in total. The zero-order valence-electron chi connectivity index (χ0n) is 22.0. The average Bonchev–Trinajstić information content (AvgIpc) is 2.85. The zero-order valence-corrected chi connectivity index (χ0v) is 22.0. The number of hydrogen-bond donors (Lipinski definition) is 2. The van der Waals surface area contributed by atoms with Gasteiger partial charge in [0.25, 0.3) is 0 Å². The molecule has 198 valence electrons. The summed E-state index contributed by atoms with van der Waals surface area (Å²) in [5, 5.41) is 18.3. The lowest BCUT2D eigenvalue weighted by atomic mass is 9.87. The highest BCUT2D eigenvalue weighted by Gasteiger charge is 2.36. The summed E-state index contributed by atoms with van der Waals surface area (Å²) in [5.74, 6) is -0.456. The maximum Gasteiger partial charge on any atom is 0.343 e. The molecule has 8 heteroatoms. The third-order valence-electron chi connectivity index (χ3n) is 6.48. The molecule has 2 aromatic carbocycles. The summed E-state index contributed by atoms with van der Waals surface area (Å²) in [5.41, 5.74) is 3.32. The Bertz CT molecular complexity index is 1230. The van der Waals surface area contributed by atoms with E-state index in [9.17, 15) is 9.59 Å². The van der Waals surface area contributed by atoms with Crippen molar-refractivity contribution in [1.29, 1.82) is 0 Å². The van der Waals surface area contributed by atoms with Crippen molar-refractivity contribution in [2.75, 3.05) is 19.8 Å². The number of carboxylic acid groups (broad SMARTS) is 2. The van der Waals surface area contributed by atoms with Gasteiger partial charge < -0.3 is 29.2 Å². The zero-order chi connectivity index (χ0) is 27.3. The first-order valence-corrected chi connectivity index (χ1v) is 12.1. The topological polar surface area (TPSA) is 112 Å². The van der Waals surface area contributed by atoms with E-state index in [0.717, 1.165) is 52.7 Å². The Kier molecular flexibility index (Phi) is 8.53. The molecule has 0 aliphatic carbocycles. The number of carboxylic acids is 2. The van der Waals surface area contributed by atoms with E-state index in [1.54, 1.807) is 24.3 Å². The predicted octanol–water partition coefficient (Wildman–Crippen LogP) is 5.29. The standard InChI is InChI=1S/C29H34O8/c1-7-13-35-25-17(3)18(4)26-21(19(25)5)11-12-29(6,37-26)16-36-23-10-9-20(15-24(23)34-8-2)14-22(27(30)31)28(32)33/h7,9-10,14-15H,1,8,11-13,16H2,2-6H3,(H,30,31)(H,32,33). The van der Waals surface area contributed by atoms with Crippen molar-refractivity contribution in [1.82, 2.24) is 0 Å². The summed E-state index contributed by atoms with van der Waals surface area (Å²) in [6.07, 6.45) is 4.35. The van der Waals surface area contributed by atoms with Gasteiger partial charge >= 0.3 is 11.9 Å². The largest absolute Gasteiger partial charge is 0.490 e. The molecule has 0 saturated carbocycles. The molecule has 0 radical (unpaired) electrons. The van der Waals surface area contributed by atoms with Crippen molar-refractivity contribution in [3.8, 4) is 23.0 Å². The molecule has 0 saturated heterocycles. The molecule has 2 N–H and O–H groups in total. The normalized spacial score (nSPS) is 16.1. The van der Waals surface area contributed by atoms with Gasteiger partial charge in [0.1, 0.15) is 35.9 Å². The monoisotopic (exact) mass is 510 g/mol. The van der Waals surface area contributed by atoms with E-state index < -0.39 is 23.1 Å². The Balaban J connectivity index is 1.84. The van der Waals surface area contributed by atoms with Crippen molar-refractivity contribution in [3.63, 3.8) is 0 Å². The molecule has 1 unspecified atom stereocenters. The second-order valence-electron chi connectivity index (χ2n) is 9.26. The Morgan fingerprint density at radius 2 is 1.76 bits per heavy atom. The van der Waals surface area contributed by atoms with Crippen LogP contribution in [0.25, 0.3) is 6.08 Å². The Hall–Kier alpha value is -3.94. The van der Waals surface area contributed by atoms with Gasteiger partial charge in [-0.25, -0.2) is 9.59 Å². The van der Waals surface area contributed by atoms with Gasteiger partial charge in [0, 0.05) is 5.56 Å². The van der Waals surface area contributed by atoms with Crippen molar-refractivity contribution in [2.24, 2.45) is 0 Å². The van der Waals surface area contributed by atoms with Crippen molar-refractivity contribution in [3.05, 3.63) is 64.2 Å². The molecule has 1 atom stereocenters. The molecule has 1 aliphatic rings. The van der Waals surface area contributed by atoms with Gasteiger partial charge in [0.15, 0.2) is 11.5 Å². The maximum atomic E-state index is 11.2. The van der Waals surface area contributed by atoms with E-state index in [1.165, 1.54) is 0 Å². The van der Waals surface area contributed by atoms with Crippen molar-refractivity contribution in [2.45, 2.75) is 53.1 Å². The molecule has 3 rings (SSSR count). The van der Waals surface area contributed by atoms with Gasteiger partial charge in [-0.05, 0) is 87.9 Å². The van der Waals surface area contributed by atoms with Gasteiger partial charge in [-0.2, -0.15) is 0 Å². The van der Waals surface area contributed by atoms with Crippen LogP contribution < -0.4 is 18.9 Å². The van der Waals surface area contributed by atoms with Crippen LogP contribution >= 0.6 is 0 Å². The molecular formula is C29H34O8. The van der Waals surface area contributed by atoms with E-state index in [-0.39, 0.29) is 6.61 Å². The number of rotatable bonds is 11. The van der Waals surface area contributed by atoms with Crippen LogP contribution in [0.15, 0.2) is 36.4 Å². The highest BCUT2D eigenvalue weighted by molar-refractivity contribution is 6.16. The van der Waals surface area contributed by atoms with Crippen LogP contribution in [0.1, 0.15) is 48.1 Å². The first-order valence-electron chi connectivity index (χ1n) is 12.1. The van der Waals surface area contributed by atoms with Gasteiger partial charge in [0.2, 0.25) is 0 Å². The van der Waals surface area contributed by atoms with Crippen LogP contribution in [0.5, 0.6) is 23.0 Å². The van der Waals surface area contributed by atoms with E-state index >= 15 is 0 Å². The van der Waals surface area contributed by atoms with Gasteiger partial charge in [-0.3, -0.25) is 0 Å². The minimum Gasteiger partial charge on any atom is -0.490 e. The summed E-state index contributed by atoms with van der Waals surface area (Å²) in [6, 6.07) is 4.79. The summed E-state index contributed by atoms with van der Waals surface area (Å²) in [7, 11) is 0. The van der Waals surface area contributed by atoms with Crippen LogP contribution in [0.3, 0.4) is 0 Å². The smallest absolute Gasteiger partial charge is 0.343 e. The first-order chi connectivity index (χ1) is 17.5. The molecular weight excluding hydrogens is 476 g/mol. The quantitative estimate of drug-likeness (QED) is 0.182. The number of benzene rings is 2. The van der Waals surface area contributed by atoms with Crippen LogP contribution in [0.2, 0.25) is 0 Å². The molecule has 37 heavy (non-hydrogen) atoms. The highest BCUT2D eigenvalue weighted by Crippen LogP contribution is 2.44. The molecule has 0 fully saturated rings. The lowest BCUT2D eigenvalue weighted by Crippen LogP contribution is -2.42. The summed E-state index contributed by atoms with van der Waals surface area (Å²) < 4.78 is 24.3. The molecule has 2 aromatic rings. The Labute approximate surface area is 217 Å². The Morgan fingerprint density at radius 3 is 2.38 bits per heavy atom. The van der Waals surface area contributed by atoms with Gasteiger partial charge in [-0.1, -0.05) is 18.7 Å². The fourth-order valence-electron chi connectivity index (χ4n) is 4.36. The number of ether oxygens (including phenoxy) is 4. The number of carbonyl (C=O) groups is 2. The minimum absolute atomic E-state index is 0.253. The van der Waals surface area contributed by atoms with Crippen molar-refractivity contribution < 1.29 is 38.7 Å². The molecule has 0 spiro atoms. The number of aliphatic carboxylic acids is 2. The summed E-state index contributed by atoms with van der Waals surface area (Å²) >= 11 is 0. The second kappa shape index (κ2) is 11.4. The Morgan fingerprint density at radius 1 is 1.05 bits per heavy atom. The SMILES string of the molecule is C=CCOc1c(C)c(C)c2c(c1C)CCC(C)(COc1ccc(C=C(C(=O)O)C(=O)O)cc1OCC)O2. The van der Waals surface area contributed by atoms with Crippen LogP contribution in [-0.2, 0) is 16.0 Å². The van der Waals surface area contributed by atoms with Crippen LogP contribution in [0.4, 0.5) is 0 Å². The molecule has 0 aromatic heterocycles. The lowest BCUT2D eigenvalue weighted by molar-refractivity contribution is -0.140. The van der Waals surface area contributed by atoms with Crippen LogP contribution in [0, 0.1) is 20.8 Å². The van der Waals surface area contributed by atoms with Crippen LogP contribution in [-0.4, -0.2) is 47.6 Å². The van der Waals surface area contributed by atoms with E-state index in [1.807, 2.05) is 27.7 Å². The van der Waals surface area contributed by atoms with E-state index in [0.29, 0.717) is 30.3 Å². The first kappa shape index (κ1) is 27.6.